The highest BCUT2D eigenvalue weighted by Crippen LogP contribution is 2.38. The SMILES string of the molecule is CSc1cccc(N2C(=O)C[C@H](c3c(C)nn(-c4ccccn4)c3N)C2=O)c1. The van der Waals surface area contributed by atoms with Gasteiger partial charge in [0.15, 0.2) is 5.82 Å². The van der Waals surface area contributed by atoms with E-state index in [1.807, 2.05) is 30.5 Å². The first kappa shape index (κ1) is 18.2. The molecule has 28 heavy (non-hydrogen) atoms. The Hall–Kier alpha value is -3.13. The van der Waals surface area contributed by atoms with Crippen LogP contribution in [0, 0.1) is 6.92 Å². The van der Waals surface area contributed by atoms with Crippen molar-refractivity contribution in [3.8, 4) is 5.82 Å². The number of anilines is 2. The van der Waals surface area contributed by atoms with Gasteiger partial charge in [0.1, 0.15) is 5.82 Å². The lowest BCUT2D eigenvalue weighted by Crippen LogP contribution is -2.30. The number of rotatable bonds is 4. The standard InChI is InChI=1S/C20H19N5O2S/c1-12-18(19(21)25(23-12)16-8-3-4-9-22-16)15-11-17(26)24(20(15)27)13-6-5-7-14(10-13)28-2/h3-10,15H,11,21H2,1-2H3/t15-/m1/s1. The van der Waals surface area contributed by atoms with Crippen LogP contribution < -0.4 is 10.6 Å². The highest BCUT2D eigenvalue weighted by Gasteiger charge is 2.43. The number of imide groups is 1. The molecule has 1 fully saturated rings. The molecule has 3 heterocycles. The van der Waals surface area contributed by atoms with Crippen molar-refractivity contribution in [2.24, 2.45) is 0 Å². The van der Waals surface area contributed by atoms with E-state index in [9.17, 15) is 9.59 Å². The van der Waals surface area contributed by atoms with E-state index in [1.165, 1.54) is 9.58 Å². The lowest BCUT2D eigenvalue weighted by molar-refractivity contribution is -0.121. The van der Waals surface area contributed by atoms with Crippen LogP contribution in [0.3, 0.4) is 0 Å². The molecule has 1 aliphatic heterocycles. The van der Waals surface area contributed by atoms with Crippen LogP contribution in [0.25, 0.3) is 5.82 Å². The molecule has 2 amide bonds. The molecular formula is C20H19N5O2S. The number of thioether (sulfide) groups is 1. The van der Waals surface area contributed by atoms with Gasteiger partial charge in [0.05, 0.1) is 17.3 Å². The predicted octanol–water partition coefficient (Wildman–Crippen LogP) is 2.93. The van der Waals surface area contributed by atoms with Gasteiger partial charge in [-0.1, -0.05) is 12.1 Å². The summed E-state index contributed by atoms with van der Waals surface area (Å²) >= 11 is 1.56. The van der Waals surface area contributed by atoms with Gasteiger partial charge < -0.3 is 5.73 Å². The minimum absolute atomic E-state index is 0.0707. The Morgan fingerprint density at radius 3 is 2.71 bits per heavy atom. The van der Waals surface area contributed by atoms with E-state index in [0.717, 1.165) is 4.90 Å². The molecular weight excluding hydrogens is 374 g/mol. The molecule has 8 heteroatoms. The van der Waals surface area contributed by atoms with Gasteiger partial charge in [-0.25, -0.2) is 9.88 Å². The molecule has 4 rings (SSSR count). The van der Waals surface area contributed by atoms with Crippen LogP contribution in [0.5, 0.6) is 0 Å². The second-order valence-corrected chi connectivity index (χ2v) is 7.39. The average Bonchev–Trinajstić information content (AvgIpc) is 3.17. The fourth-order valence-corrected chi connectivity index (χ4v) is 3.97. The van der Waals surface area contributed by atoms with Crippen LogP contribution in [0.4, 0.5) is 11.5 Å². The third-order valence-corrected chi connectivity index (χ3v) is 5.54. The summed E-state index contributed by atoms with van der Waals surface area (Å²) in [6.07, 6.45) is 3.67. The first-order valence-electron chi connectivity index (χ1n) is 8.78. The molecule has 0 spiro atoms. The maximum Gasteiger partial charge on any atom is 0.242 e. The summed E-state index contributed by atoms with van der Waals surface area (Å²) in [5.74, 6) is -0.267. The molecule has 0 radical (unpaired) electrons. The van der Waals surface area contributed by atoms with Gasteiger partial charge in [0.2, 0.25) is 11.8 Å². The van der Waals surface area contributed by atoms with E-state index in [0.29, 0.717) is 28.6 Å². The van der Waals surface area contributed by atoms with E-state index in [4.69, 9.17) is 5.73 Å². The average molecular weight is 393 g/mol. The molecule has 7 nitrogen and oxygen atoms in total. The van der Waals surface area contributed by atoms with E-state index in [-0.39, 0.29) is 18.2 Å². The summed E-state index contributed by atoms with van der Waals surface area (Å²) < 4.78 is 1.51. The Balaban J connectivity index is 1.72. The summed E-state index contributed by atoms with van der Waals surface area (Å²) in [5.41, 5.74) is 8.12. The molecule has 2 aromatic heterocycles. The number of hydrogen-bond donors (Lipinski definition) is 1. The quantitative estimate of drug-likeness (QED) is 0.541. The van der Waals surface area contributed by atoms with Gasteiger partial charge in [-0.15, -0.1) is 11.8 Å². The third kappa shape index (κ3) is 2.95. The van der Waals surface area contributed by atoms with Crippen LogP contribution in [-0.2, 0) is 9.59 Å². The van der Waals surface area contributed by atoms with Crippen LogP contribution in [0.1, 0.15) is 23.6 Å². The second kappa shape index (κ2) is 7.12. The highest BCUT2D eigenvalue weighted by atomic mass is 32.2. The molecule has 3 aromatic rings. The van der Waals surface area contributed by atoms with Gasteiger partial charge in [0, 0.05) is 23.1 Å². The van der Waals surface area contributed by atoms with E-state index in [1.54, 1.807) is 43.1 Å². The molecule has 1 aromatic carbocycles. The lowest BCUT2D eigenvalue weighted by Gasteiger charge is -2.16. The van der Waals surface area contributed by atoms with Gasteiger partial charge in [-0.3, -0.25) is 9.59 Å². The van der Waals surface area contributed by atoms with Crippen LogP contribution >= 0.6 is 11.8 Å². The van der Waals surface area contributed by atoms with Crippen LogP contribution in [-0.4, -0.2) is 32.8 Å². The number of benzene rings is 1. The van der Waals surface area contributed by atoms with Gasteiger partial charge in [-0.2, -0.15) is 9.78 Å². The third-order valence-electron chi connectivity index (χ3n) is 4.82. The molecule has 0 aliphatic carbocycles. The number of aryl methyl sites for hydroxylation is 1. The van der Waals surface area contributed by atoms with Gasteiger partial charge in [0.25, 0.3) is 0 Å². The number of hydrogen-bond acceptors (Lipinski definition) is 6. The number of carbonyl (C=O) groups excluding carboxylic acids is 2. The maximum absolute atomic E-state index is 13.2. The molecule has 1 aliphatic rings. The monoisotopic (exact) mass is 393 g/mol. The number of pyridine rings is 1. The Kier molecular flexibility index (Phi) is 4.64. The molecule has 1 saturated heterocycles. The van der Waals surface area contributed by atoms with Crippen molar-refractivity contribution in [1.29, 1.82) is 0 Å². The summed E-state index contributed by atoms with van der Waals surface area (Å²) in [6.45, 7) is 1.79. The number of amides is 2. The van der Waals surface area contributed by atoms with Crippen molar-refractivity contribution in [3.63, 3.8) is 0 Å². The highest BCUT2D eigenvalue weighted by molar-refractivity contribution is 7.98. The largest absolute Gasteiger partial charge is 0.383 e. The van der Waals surface area contributed by atoms with Crippen molar-refractivity contribution in [1.82, 2.24) is 14.8 Å². The molecule has 0 saturated carbocycles. The molecule has 1 atom stereocenters. The summed E-state index contributed by atoms with van der Waals surface area (Å²) in [7, 11) is 0. The minimum Gasteiger partial charge on any atom is -0.383 e. The topological polar surface area (TPSA) is 94.1 Å². The van der Waals surface area contributed by atoms with E-state index < -0.39 is 5.92 Å². The molecule has 142 valence electrons. The normalized spacial score (nSPS) is 16.8. The van der Waals surface area contributed by atoms with Gasteiger partial charge in [-0.05, 0) is 43.5 Å². The summed E-state index contributed by atoms with van der Waals surface area (Å²) in [4.78, 5) is 32.3. The Labute approximate surface area is 166 Å². The van der Waals surface area contributed by atoms with Crippen molar-refractivity contribution >= 4 is 35.1 Å². The molecule has 2 N–H and O–H groups in total. The maximum atomic E-state index is 13.2. The number of nitrogen functional groups attached to an aromatic ring is 1. The molecule has 0 bridgehead atoms. The summed E-state index contributed by atoms with van der Waals surface area (Å²) in [5, 5.41) is 4.45. The zero-order valence-electron chi connectivity index (χ0n) is 15.5. The van der Waals surface area contributed by atoms with Crippen molar-refractivity contribution < 1.29 is 9.59 Å². The Bertz CT molecular complexity index is 1060. The second-order valence-electron chi connectivity index (χ2n) is 6.51. The van der Waals surface area contributed by atoms with Gasteiger partial charge >= 0.3 is 0 Å². The number of aromatic nitrogens is 3. The smallest absolute Gasteiger partial charge is 0.242 e. The zero-order valence-corrected chi connectivity index (χ0v) is 16.3. The van der Waals surface area contributed by atoms with Crippen LogP contribution in [0.15, 0.2) is 53.6 Å². The fraction of sp³-hybridized carbons (Fsp3) is 0.200. The number of nitrogens with two attached hydrogens (primary N) is 1. The minimum atomic E-state index is -0.650. The fourth-order valence-electron chi connectivity index (χ4n) is 3.52. The Morgan fingerprint density at radius 1 is 1.18 bits per heavy atom. The molecule has 0 unspecified atom stereocenters. The lowest BCUT2D eigenvalue weighted by atomic mass is 9.97. The predicted molar refractivity (Wildman–Crippen MR) is 109 cm³/mol. The van der Waals surface area contributed by atoms with Crippen molar-refractivity contribution in [2.45, 2.75) is 24.2 Å². The first-order chi connectivity index (χ1) is 13.5. The Morgan fingerprint density at radius 2 is 2.00 bits per heavy atom. The zero-order chi connectivity index (χ0) is 19.8. The number of carbonyl (C=O) groups is 2. The van der Waals surface area contributed by atoms with E-state index in [2.05, 4.69) is 10.1 Å². The first-order valence-corrected chi connectivity index (χ1v) is 10.0. The van der Waals surface area contributed by atoms with E-state index >= 15 is 0 Å². The van der Waals surface area contributed by atoms with Crippen molar-refractivity contribution in [2.75, 3.05) is 16.9 Å². The number of nitrogens with zero attached hydrogens (tertiary/aromatic N) is 4. The summed E-state index contributed by atoms with van der Waals surface area (Å²) in [6, 6.07) is 12.8. The van der Waals surface area contributed by atoms with Crippen LogP contribution in [0.2, 0.25) is 0 Å². The van der Waals surface area contributed by atoms with Crippen molar-refractivity contribution in [3.05, 3.63) is 59.9 Å².